The summed E-state index contributed by atoms with van der Waals surface area (Å²) in [5.41, 5.74) is -0.461. The summed E-state index contributed by atoms with van der Waals surface area (Å²) in [5.74, 6) is -0.838. The van der Waals surface area contributed by atoms with Gasteiger partial charge in [-0.25, -0.2) is 4.79 Å². The van der Waals surface area contributed by atoms with Crippen LogP contribution in [0.15, 0.2) is 18.6 Å². The van der Waals surface area contributed by atoms with E-state index < -0.39 is 11.5 Å². The molecule has 1 aliphatic heterocycles. The minimum absolute atomic E-state index is 0.532. The lowest BCUT2D eigenvalue weighted by Gasteiger charge is -2.40. The second kappa shape index (κ2) is 4.17. The van der Waals surface area contributed by atoms with Crippen molar-refractivity contribution in [3.05, 3.63) is 24.3 Å². The van der Waals surface area contributed by atoms with E-state index in [1.165, 1.54) is 0 Å². The Morgan fingerprint density at radius 2 is 2.31 bits per heavy atom. The van der Waals surface area contributed by atoms with Gasteiger partial charge in [0.25, 0.3) is 0 Å². The maximum absolute atomic E-state index is 11.6. The van der Waals surface area contributed by atoms with Crippen molar-refractivity contribution in [2.45, 2.75) is 24.8 Å². The first-order chi connectivity index (χ1) is 7.68. The van der Waals surface area contributed by atoms with E-state index >= 15 is 0 Å². The zero-order valence-electron chi connectivity index (χ0n) is 9.26. The number of piperidine rings is 1. The van der Waals surface area contributed by atoms with E-state index in [1.807, 2.05) is 11.9 Å². The van der Waals surface area contributed by atoms with Crippen LogP contribution in [0.4, 0.5) is 0 Å². The number of aromatic nitrogens is 2. The van der Waals surface area contributed by atoms with Gasteiger partial charge in [0.05, 0.1) is 11.9 Å². The molecule has 1 atom stereocenters. The lowest BCUT2D eigenvalue weighted by atomic mass is 9.84. The van der Waals surface area contributed by atoms with Crippen molar-refractivity contribution in [1.29, 1.82) is 0 Å². The van der Waals surface area contributed by atoms with Gasteiger partial charge in [0, 0.05) is 12.4 Å². The van der Waals surface area contributed by atoms with E-state index in [4.69, 9.17) is 0 Å². The highest BCUT2D eigenvalue weighted by Crippen LogP contribution is 2.35. The molecule has 1 aromatic rings. The SMILES string of the molecule is CN1CCCCC1(C(=O)O)c1cnccn1. The molecule has 86 valence electrons. The van der Waals surface area contributed by atoms with Gasteiger partial charge in [-0.15, -0.1) is 0 Å². The summed E-state index contributed by atoms with van der Waals surface area (Å²) in [6.45, 7) is 0.781. The predicted octanol–water partition coefficient (Wildman–Crippen LogP) is 0.872. The first kappa shape index (κ1) is 11.0. The summed E-state index contributed by atoms with van der Waals surface area (Å²) < 4.78 is 0. The number of nitrogens with zero attached hydrogens (tertiary/aromatic N) is 3. The third-order valence-corrected chi connectivity index (χ3v) is 3.27. The maximum Gasteiger partial charge on any atom is 0.330 e. The van der Waals surface area contributed by atoms with Crippen LogP contribution in [-0.4, -0.2) is 39.5 Å². The quantitative estimate of drug-likeness (QED) is 0.802. The number of likely N-dealkylation sites (tertiary alicyclic amines) is 1. The zero-order valence-corrected chi connectivity index (χ0v) is 9.26. The van der Waals surface area contributed by atoms with Gasteiger partial charge < -0.3 is 5.11 Å². The second-order valence-corrected chi connectivity index (χ2v) is 4.13. The molecule has 5 nitrogen and oxygen atoms in total. The molecule has 2 rings (SSSR count). The minimum Gasteiger partial charge on any atom is -0.480 e. The van der Waals surface area contributed by atoms with Crippen LogP contribution in [-0.2, 0) is 10.3 Å². The third kappa shape index (κ3) is 1.57. The van der Waals surface area contributed by atoms with Gasteiger partial charge in [-0.2, -0.15) is 0 Å². The number of carboxylic acids is 1. The molecular weight excluding hydrogens is 206 g/mol. The molecule has 0 radical (unpaired) electrons. The summed E-state index contributed by atoms with van der Waals surface area (Å²) in [4.78, 5) is 21.6. The first-order valence-corrected chi connectivity index (χ1v) is 5.39. The van der Waals surface area contributed by atoms with Gasteiger partial charge in [-0.3, -0.25) is 14.9 Å². The Morgan fingerprint density at radius 3 is 2.88 bits per heavy atom. The molecule has 1 saturated heterocycles. The molecule has 1 fully saturated rings. The molecule has 1 N–H and O–H groups in total. The third-order valence-electron chi connectivity index (χ3n) is 3.27. The van der Waals surface area contributed by atoms with Gasteiger partial charge in [0.1, 0.15) is 0 Å². The number of carbonyl (C=O) groups is 1. The Bertz CT molecular complexity index is 382. The van der Waals surface area contributed by atoms with Crippen LogP contribution in [0, 0.1) is 0 Å². The Kier molecular flexibility index (Phi) is 2.87. The first-order valence-electron chi connectivity index (χ1n) is 5.39. The monoisotopic (exact) mass is 221 g/mol. The molecule has 1 unspecified atom stereocenters. The summed E-state index contributed by atoms with van der Waals surface area (Å²) in [6.07, 6.45) is 7.19. The fourth-order valence-corrected chi connectivity index (χ4v) is 2.33. The summed E-state index contributed by atoms with van der Waals surface area (Å²) >= 11 is 0. The Labute approximate surface area is 94.1 Å². The molecule has 5 heteroatoms. The average molecular weight is 221 g/mol. The Morgan fingerprint density at radius 1 is 1.50 bits per heavy atom. The molecule has 1 aliphatic rings. The van der Waals surface area contributed by atoms with Crippen molar-refractivity contribution < 1.29 is 9.90 Å². The number of rotatable bonds is 2. The molecule has 0 spiro atoms. The Balaban J connectivity index is 2.46. The molecule has 0 aliphatic carbocycles. The average Bonchev–Trinajstić information content (AvgIpc) is 2.30. The highest BCUT2D eigenvalue weighted by molar-refractivity contribution is 5.80. The minimum atomic E-state index is -0.994. The van der Waals surface area contributed by atoms with Crippen LogP contribution >= 0.6 is 0 Å². The van der Waals surface area contributed by atoms with Crippen molar-refractivity contribution in [1.82, 2.24) is 14.9 Å². The largest absolute Gasteiger partial charge is 0.480 e. The van der Waals surface area contributed by atoms with Crippen LogP contribution in [0.3, 0.4) is 0 Å². The molecule has 16 heavy (non-hydrogen) atoms. The summed E-state index contributed by atoms with van der Waals surface area (Å²) in [6, 6.07) is 0. The van der Waals surface area contributed by atoms with Gasteiger partial charge >= 0.3 is 5.97 Å². The van der Waals surface area contributed by atoms with Gasteiger partial charge in [-0.1, -0.05) is 0 Å². The molecule has 2 heterocycles. The van der Waals surface area contributed by atoms with Crippen LogP contribution in [0.5, 0.6) is 0 Å². The van der Waals surface area contributed by atoms with Crippen LogP contribution in [0.1, 0.15) is 25.0 Å². The van der Waals surface area contributed by atoms with Crippen molar-refractivity contribution in [2.75, 3.05) is 13.6 Å². The van der Waals surface area contributed by atoms with Gasteiger partial charge in [0.15, 0.2) is 5.54 Å². The topological polar surface area (TPSA) is 66.3 Å². The Hall–Kier alpha value is -1.49. The maximum atomic E-state index is 11.6. The molecule has 0 bridgehead atoms. The fraction of sp³-hybridized carbons (Fsp3) is 0.545. The van der Waals surface area contributed by atoms with E-state index in [2.05, 4.69) is 9.97 Å². The standard InChI is InChI=1S/C11H15N3O2/c1-14-7-3-2-4-11(14,10(15)16)9-8-12-5-6-13-9/h5-6,8H,2-4,7H2,1H3,(H,15,16). The molecule has 0 saturated carbocycles. The van der Waals surface area contributed by atoms with Crippen LogP contribution in [0.2, 0.25) is 0 Å². The highest BCUT2D eigenvalue weighted by Gasteiger charge is 2.46. The van der Waals surface area contributed by atoms with E-state index in [-0.39, 0.29) is 0 Å². The molecular formula is C11H15N3O2. The van der Waals surface area contributed by atoms with E-state index in [0.717, 1.165) is 19.4 Å². The highest BCUT2D eigenvalue weighted by atomic mass is 16.4. The van der Waals surface area contributed by atoms with E-state index in [1.54, 1.807) is 18.6 Å². The van der Waals surface area contributed by atoms with Crippen molar-refractivity contribution in [3.8, 4) is 0 Å². The molecule has 0 amide bonds. The predicted molar refractivity (Wildman–Crippen MR) is 57.8 cm³/mol. The number of hydrogen-bond acceptors (Lipinski definition) is 4. The summed E-state index contributed by atoms with van der Waals surface area (Å²) in [5, 5.41) is 9.50. The normalized spacial score (nSPS) is 26.6. The van der Waals surface area contributed by atoms with Crippen LogP contribution < -0.4 is 0 Å². The zero-order chi connectivity index (χ0) is 11.6. The van der Waals surface area contributed by atoms with E-state index in [9.17, 15) is 9.90 Å². The van der Waals surface area contributed by atoms with Crippen molar-refractivity contribution in [3.63, 3.8) is 0 Å². The van der Waals surface area contributed by atoms with Gasteiger partial charge in [0.2, 0.25) is 0 Å². The number of aliphatic carboxylic acids is 1. The molecule has 0 aromatic carbocycles. The van der Waals surface area contributed by atoms with E-state index in [0.29, 0.717) is 12.1 Å². The van der Waals surface area contributed by atoms with Crippen molar-refractivity contribution in [2.24, 2.45) is 0 Å². The number of likely N-dealkylation sites (N-methyl/N-ethyl adjacent to an activating group) is 1. The second-order valence-electron chi connectivity index (χ2n) is 4.13. The number of hydrogen-bond donors (Lipinski definition) is 1. The van der Waals surface area contributed by atoms with Crippen LogP contribution in [0.25, 0.3) is 0 Å². The molecule has 1 aromatic heterocycles. The van der Waals surface area contributed by atoms with Crippen molar-refractivity contribution >= 4 is 5.97 Å². The lowest BCUT2D eigenvalue weighted by molar-refractivity contribution is -0.154. The fourth-order valence-electron chi connectivity index (χ4n) is 2.33. The smallest absolute Gasteiger partial charge is 0.330 e. The summed E-state index contributed by atoms with van der Waals surface area (Å²) in [7, 11) is 1.84. The number of carboxylic acid groups (broad SMARTS) is 1. The lowest BCUT2D eigenvalue weighted by Crippen LogP contribution is -2.53. The van der Waals surface area contributed by atoms with Gasteiger partial charge in [-0.05, 0) is 32.9 Å².